The van der Waals surface area contributed by atoms with Gasteiger partial charge in [0.15, 0.2) is 0 Å². The molecule has 1 aromatic rings. The Morgan fingerprint density at radius 3 is 2.53 bits per heavy atom. The van der Waals surface area contributed by atoms with Gasteiger partial charge in [0, 0.05) is 16.6 Å². The van der Waals surface area contributed by atoms with Crippen LogP contribution in [-0.2, 0) is 4.74 Å². The lowest BCUT2D eigenvalue weighted by Gasteiger charge is -2.27. The molecule has 0 saturated carbocycles. The lowest BCUT2D eigenvalue weighted by Crippen LogP contribution is -2.42. The summed E-state index contributed by atoms with van der Waals surface area (Å²) in [5.41, 5.74) is 0.756. The highest BCUT2D eigenvalue weighted by molar-refractivity contribution is 6.30. The molecule has 0 aromatic heterocycles. The van der Waals surface area contributed by atoms with Gasteiger partial charge in [-0.25, -0.2) is 9.79 Å². The summed E-state index contributed by atoms with van der Waals surface area (Å²) >= 11 is 5.79. The molecule has 0 atom stereocenters. The van der Waals surface area contributed by atoms with E-state index in [1.54, 1.807) is 29.2 Å². The van der Waals surface area contributed by atoms with Crippen LogP contribution in [0, 0.1) is 0 Å². The maximum atomic E-state index is 11.7. The Labute approximate surface area is 105 Å². The molecular formula is C12H13ClN2O2. The molecule has 0 saturated heterocycles. The second kappa shape index (κ2) is 4.75. The van der Waals surface area contributed by atoms with E-state index in [9.17, 15) is 4.79 Å². The maximum absolute atomic E-state index is 11.7. The van der Waals surface area contributed by atoms with Gasteiger partial charge in [0.1, 0.15) is 6.67 Å². The third-order valence-corrected chi connectivity index (χ3v) is 2.75. The predicted molar refractivity (Wildman–Crippen MR) is 66.3 cm³/mol. The number of benzene rings is 1. The number of halogens is 1. The molecule has 2 rings (SSSR count). The standard InChI is InChI=1S/C12H13ClN2O2/c1-8(2)15-7-14-11(17-12(15)16)9-3-5-10(13)6-4-9/h3-6,8H,7H2,1-2H3. The van der Waals surface area contributed by atoms with E-state index in [1.165, 1.54) is 0 Å². The summed E-state index contributed by atoms with van der Waals surface area (Å²) in [4.78, 5) is 17.5. The number of amides is 1. The van der Waals surface area contributed by atoms with E-state index in [-0.39, 0.29) is 12.1 Å². The summed E-state index contributed by atoms with van der Waals surface area (Å²) in [6.45, 7) is 4.17. The van der Waals surface area contributed by atoms with Crippen LogP contribution in [0.3, 0.4) is 0 Å². The number of rotatable bonds is 2. The largest absolute Gasteiger partial charge is 0.418 e. The minimum atomic E-state index is -0.361. The van der Waals surface area contributed by atoms with E-state index in [4.69, 9.17) is 16.3 Å². The SMILES string of the molecule is CC(C)N1CN=C(c2ccc(Cl)cc2)OC1=O. The number of ether oxygens (including phenoxy) is 1. The van der Waals surface area contributed by atoms with Crippen molar-refractivity contribution in [3.8, 4) is 0 Å². The van der Waals surface area contributed by atoms with Crippen molar-refractivity contribution in [3.63, 3.8) is 0 Å². The molecule has 0 spiro atoms. The Hall–Kier alpha value is -1.55. The van der Waals surface area contributed by atoms with Crippen molar-refractivity contribution in [2.24, 2.45) is 4.99 Å². The number of hydrogen-bond donors (Lipinski definition) is 0. The zero-order valence-corrected chi connectivity index (χ0v) is 10.4. The lowest BCUT2D eigenvalue weighted by molar-refractivity contribution is 0.128. The van der Waals surface area contributed by atoms with Gasteiger partial charge in [-0.05, 0) is 38.1 Å². The fraction of sp³-hybridized carbons (Fsp3) is 0.333. The van der Waals surface area contributed by atoms with E-state index < -0.39 is 0 Å². The number of aliphatic imine (C=N–C) groups is 1. The normalized spacial score (nSPS) is 15.9. The first-order valence-corrected chi connectivity index (χ1v) is 5.74. The molecule has 0 N–H and O–H groups in total. The van der Waals surface area contributed by atoms with Crippen LogP contribution in [0.5, 0.6) is 0 Å². The molecule has 17 heavy (non-hydrogen) atoms. The molecule has 0 radical (unpaired) electrons. The molecule has 0 bridgehead atoms. The van der Waals surface area contributed by atoms with E-state index >= 15 is 0 Å². The van der Waals surface area contributed by atoms with Crippen molar-refractivity contribution < 1.29 is 9.53 Å². The predicted octanol–water partition coefficient (Wildman–Crippen LogP) is 2.90. The van der Waals surface area contributed by atoms with Crippen LogP contribution in [0.25, 0.3) is 0 Å². The van der Waals surface area contributed by atoms with E-state index in [0.29, 0.717) is 17.6 Å². The number of carbonyl (C=O) groups is 1. The van der Waals surface area contributed by atoms with Crippen molar-refractivity contribution in [1.29, 1.82) is 0 Å². The Morgan fingerprint density at radius 1 is 1.35 bits per heavy atom. The zero-order chi connectivity index (χ0) is 12.4. The molecule has 1 amide bonds. The first-order chi connectivity index (χ1) is 8.08. The summed E-state index contributed by atoms with van der Waals surface area (Å²) in [5, 5.41) is 0.639. The molecule has 0 aliphatic carbocycles. The third-order valence-electron chi connectivity index (χ3n) is 2.50. The Morgan fingerprint density at radius 2 is 2.00 bits per heavy atom. The van der Waals surface area contributed by atoms with E-state index in [1.807, 2.05) is 13.8 Å². The Bertz CT molecular complexity index is 454. The average molecular weight is 253 g/mol. The van der Waals surface area contributed by atoms with Gasteiger partial charge in [-0.2, -0.15) is 0 Å². The maximum Gasteiger partial charge on any atom is 0.418 e. The molecule has 1 aliphatic heterocycles. The molecule has 1 aliphatic rings. The van der Waals surface area contributed by atoms with Crippen LogP contribution >= 0.6 is 11.6 Å². The summed E-state index contributed by atoms with van der Waals surface area (Å²) < 4.78 is 5.18. The lowest BCUT2D eigenvalue weighted by atomic mass is 10.2. The molecule has 0 fully saturated rings. The second-order valence-electron chi connectivity index (χ2n) is 4.04. The molecule has 90 valence electrons. The quantitative estimate of drug-likeness (QED) is 0.812. The van der Waals surface area contributed by atoms with Gasteiger partial charge in [0.25, 0.3) is 0 Å². The topological polar surface area (TPSA) is 41.9 Å². The van der Waals surface area contributed by atoms with Crippen molar-refractivity contribution in [2.75, 3.05) is 6.67 Å². The second-order valence-corrected chi connectivity index (χ2v) is 4.48. The van der Waals surface area contributed by atoms with Gasteiger partial charge < -0.3 is 4.74 Å². The fourth-order valence-electron chi connectivity index (χ4n) is 1.49. The van der Waals surface area contributed by atoms with Crippen LogP contribution in [0.1, 0.15) is 19.4 Å². The van der Waals surface area contributed by atoms with Gasteiger partial charge >= 0.3 is 6.09 Å². The highest BCUT2D eigenvalue weighted by Gasteiger charge is 2.25. The molecule has 1 heterocycles. The van der Waals surface area contributed by atoms with Gasteiger partial charge in [0.05, 0.1) is 0 Å². The Kier molecular flexibility index (Phi) is 3.33. The number of carbonyl (C=O) groups excluding carboxylic acids is 1. The molecule has 4 nitrogen and oxygen atoms in total. The summed E-state index contributed by atoms with van der Waals surface area (Å²) in [6.07, 6.45) is -0.361. The molecule has 5 heteroatoms. The molecular weight excluding hydrogens is 240 g/mol. The van der Waals surface area contributed by atoms with Crippen LogP contribution in [0.2, 0.25) is 5.02 Å². The minimum Gasteiger partial charge on any atom is -0.391 e. The monoisotopic (exact) mass is 252 g/mol. The van der Waals surface area contributed by atoms with E-state index in [0.717, 1.165) is 5.56 Å². The highest BCUT2D eigenvalue weighted by atomic mass is 35.5. The zero-order valence-electron chi connectivity index (χ0n) is 9.68. The third kappa shape index (κ3) is 2.58. The van der Waals surface area contributed by atoms with E-state index in [2.05, 4.69) is 4.99 Å². The van der Waals surface area contributed by atoms with Gasteiger partial charge in [-0.3, -0.25) is 4.90 Å². The number of hydrogen-bond acceptors (Lipinski definition) is 3. The van der Waals surface area contributed by atoms with Crippen LogP contribution < -0.4 is 0 Å². The first-order valence-electron chi connectivity index (χ1n) is 5.37. The number of cyclic esters (lactones) is 1. The van der Waals surface area contributed by atoms with Crippen molar-refractivity contribution >= 4 is 23.6 Å². The van der Waals surface area contributed by atoms with Crippen molar-refractivity contribution in [2.45, 2.75) is 19.9 Å². The molecule has 1 aromatic carbocycles. The smallest absolute Gasteiger partial charge is 0.391 e. The molecule has 0 unspecified atom stereocenters. The summed E-state index contributed by atoms with van der Waals surface area (Å²) in [6, 6.07) is 7.11. The van der Waals surface area contributed by atoms with Gasteiger partial charge in [-0.1, -0.05) is 11.6 Å². The summed E-state index contributed by atoms with van der Waals surface area (Å²) in [5.74, 6) is 0.351. The van der Waals surface area contributed by atoms with Crippen LogP contribution in [0.15, 0.2) is 29.3 Å². The fourth-order valence-corrected chi connectivity index (χ4v) is 1.61. The highest BCUT2D eigenvalue weighted by Crippen LogP contribution is 2.15. The summed E-state index contributed by atoms with van der Waals surface area (Å²) in [7, 11) is 0. The average Bonchev–Trinajstić information content (AvgIpc) is 2.29. The minimum absolute atomic E-state index is 0.0815. The number of nitrogens with zero attached hydrogens (tertiary/aromatic N) is 2. The van der Waals surface area contributed by atoms with Crippen molar-refractivity contribution in [1.82, 2.24) is 4.90 Å². The van der Waals surface area contributed by atoms with Crippen LogP contribution in [0.4, 0.5) is 4.79 Å². The first kappa shape index (κ1) is 11.9. The van der Waals surface area contributed by atoms with Crippen LogP contribution in [-0.4, -0.2) is 29.6 Å². The van der Waals surface area contributed by atoms with Crippen molar-refractivity contribution in [3.05, 3.63) is 34.9 Å². The Balaban J connectivity index is 2.20. The van der Waals surface area contributed by atoms with Gasteiger partial charge in [0.2, 0.25) is 5.90 Å². The van der Waals surface area contributed by atoms with Gasteiger partial charge in [-0.15, -0.1) is 0 Å².